The summed E-state index contributed by atoms with van der Waals surface area (Å²) in [6.45, 7) is 10.7. The lowest BCUT2D eigenvalue weighted by Gasteiger charge is -2.61. The van der Waals surface area contributed by atoms with E-state index in [1.807, 2.05) is 13.0 Å². The molecule has 0 aromatic carbocycles. The molecule has 0 aromatic rings. The second kappa shape index (κ2) is 6.77. The maximum absolute atomic E-state index is 11.8. The lowest BCUT2D eigenvalue weighted by atomic mass is 9.44. The highest BCUT2D eigenvalue weighted by molar-refractivity contribution is 5.91. The van der Waals surface area contributed by atoms with Gasteiger partial charge in [-0.25, -0.2) is 4.79 Å². The number of rotatable bonds is 3. The van der Waals surface area contributed by atoms with Crippen LogP contribution in [0.15, 0.2) is 23.8 Å². The summed E-state index contributed by atoms with van der Waals surface area (Å²) < 4.78 is 4.92. The second-order valence-electron chi connectivity index (χ2n) is 9.05. The van der Waals surface area contributed by atoms with Crippen molar-refractivity contribution in [3.05, 3.63) is 23.8 Å². The summed E-state index contributed by atoms with van der Waals surface area (Å²) in [5.41, 5.74) is 0.874. The van der Waals surface area contributed by atoms with Gasteiger partial charge in [-0.2, -0.15) is 0 Å². The zero-order valence-corrected chi connectivity index (χ0v) is 16.1. The number of aliphatic hydroxyl groups excluding tert-OH is 3. The van der Waals surface area contributed by atoms with Crippen molar-refractivity contribution in [1.82, 2.24) is 0 Å². The van der Waals surface area contributed by atoms with Gasteiger partial charge in [0, 0.05) is 5.41 Å². The van der Waals surface area contributed by atoms with E-state index < -0.39 is 23.6 Å². The van der Waals surface area contributed by atoms with E-state index in [0.29, 0.717) is 18.4 Å². The predicted octanol–water partition coefficient (Wildman–Crippen LogP) is 2.21. The van der Waals surface area contributed by atoms with E-state index in [4.69, 9.17) is 4.74 Å². The smallest absolute Gasteiger partial charge is 0.336 e. The monoisotopic (exact) mass is 364 g/mol. The van der Waals surface area contributed by atoms with E-state index in [9.17, 15) is 20.1 Å². The van der Waals surface area contributed by atoms with Crippen LogP contribution in [-0.2, 0) is 9.53 Å². The van der Waals surface area contributed by atoms with Crippen molar-refractivity contribution in [1.29, 1.82) is 0 Å². The highest BCUT2D eigenvalue weighted by Crippen LogP contribution is 2.62. The fourth-order valence-electron chi connectivity index (χ4n) is 5.73. The SMILES string of the molecule is C=C1C(C)CC2[C@](C)(CC[C@@H](O)[C@@]2(C)CO)C1C/C=C1/C(=O)OC[C@H]1O. The first-order valence-corrected chi connectivity index (χ1v) is 9.68. The van der Waals surface area contributed by atoms with Gasteiger partial charge in [0.15, 0.2) is 0 Å². The van der Waals surface area contributed by atoms with Crippen LogP contribution in [0.3, 0.4) is 0 Å². The zero-order chi connectivity index (χ0) is 19.3. The molecule has 3 rings (SSSR count). The molecule has 1 aliphatic heterocycles. The van der Waals surface area contributed by atoms with Crippen molar-refractivity contribution in [2.75, 3.05) is 13.2 Å². The van der Waals surface area contributed by atoms with Gasteiger partial charge in [0.1, 0.15) is 12.7 Å². The van der Waals surface area contributed by atoms with Crippen LogP contribution in [-0.4, -0.2) is 46.7 Å². The molecular formula is C21H32O5. The largest absolute Gasteiger partial charge is 0.459 e. The van der Waals surface area contributed by atoms with Crippen molar-refractivity contribution < 1.29 is 24.9 Å². The molecule has 5 nitrogen and oxygen atoms in total. The molecule has 0 radical (unpaired) electrons. The van der Waals surface area contributed by atoms with Crippen LogP contribution in [0.25, 0.3) is 0 Å². The summed E-state index contributed by atoms with van der Waals surface area (Å²) in [6.07, 6.45) is 3.50. The molecule has 1 heterocycles. The van der Waals surface area contributed by atoms with Crippen molar-refractivity contribution in [3.8, 4) is 0 Å². The van der Waals surface area contributed by atoms with Crippen LogP contribution in [0.1, 0.15) is 46.5 Å². The average molecular weight is 364 g/mol. The van der Waals surface area contributed by atoms with E-state index >= 15 is 0 Å². The molecule has 3 aliphatic rings. The number of hydrogen-bond acceptors (Lipinski definition) is 5. The standard InChI is InChI=1S/C21H32O5/c1-12-9-17-20(3,8-7-18(24)21(17,4)11-22)15(13(12)2)6-5-14-16(23)10-26-19(14)25/h5,12,15-18,22-24H,2,6-11H2,1,3-4H3/b14-5+/t12?,15?,16-,17?,18-,20-,21+/m1/s1. The van der Waals surface area contributed by atoms with Gasteiger partial charge in [0.25, 0.3) is 0 Å². The third-order valence-electron chi connectivity index (χ3n) is 7.66. The highest BCUT2D eigenvalue weighted by Gasteiger charge is 2.58. The lowest BCUT2D eigenvalue weighted by molar-refractivity contribution is -0.156. The Morgan fingerprint density at radius 1 is 1.35 bits per heavy atom. The molecule has 3 N–H and O–H groups in total. The van der Waals surface area contributed by atoms with Gasteiger partial charge in [-0.15, -0.1) is 0 Å². The maximum atomic E-state index is 11.8. The number of aliphatic hydroxyl groups is 3. The van der Waals surface area contributed by atoms with Crippen LogP contribution in [0, 0.1) is 28.6 Å². The molecule has 2 saturated carbocycles. The van der Waals surface area contributed by atoms with Crippen molar-refractivity contribution >= 4 is 5.97 Å². The molecule has 26 heavy (non-hydrogen) atoms. The molecule has 0 amide bonds. The minimum Gasteiger partial charge on any atom is -0.459 e. The Morgan fingerprint density at radius 2 is 2.04 bits per heavy atom. The van der Waals surface area contributed by atoms with E-state index in [2.05, 4.69) is 20.4 Å². The topological polar surface area (TPSA) is 87.0 Å². The second-order valence-corrected chi connectivity index (χ2v) is 9.05. The lowest BCUT2D eigenvalue weighted by Crippen LogP contribution is -2.58. The van der Waals surface area contributed by atoms with Crippen LogP contribution in [0.5, 0.6) is 0 Å². The number of ether oxygens (including phenoxy) is 1. The Balaban J connectivity index is 1.94. The number of esters is 1. The normalized spacial score (nSPS) is 47.8. The fourth-order valence-corrected chi connectivity index (χ4v) is 5.73. The number of cyclic esters (lactones) is 1. The van der Waals surface area contributed by atoms with Gasteiger partial charge in [-0.05, 0) is 48.9 Å². The highest BCUT2D eigenvalue weighted by atomic mass is 16.6. The summed E-state index contributed by atoms with van der Waals surface area (Å²) in [4.78, 5) is 11.8. The number of fused-ring (bicyclic) bond motifs is 1. The quantitative estimate of drug-likeness (QED) is 0.406. The van der Waals surface area contributed by atoms with Crippen LogP contribution >= 0.6 is 0 Å². The third-order valence-corrected chi connectivity index (χ3v) is 7.66. The molecule has 0 bridgehead atoms. The van der Waals surface area contributed by atoms with Crippen molar-refractivity contribution in [3.63, 3.8) is 0 Å². The molecule has 0 spiro atoms. The molecule has 1 saturated heterocycles. The van der Waals surface area contributed by atoms with Crippen LogP contribution in [0.4, 0.5) is 0 Å². The van der Waals surface area contributed by atoms with E-state index in [1.54, 1.807) is 0 Å². The first-order valence-electron chi connectivity index (χ1n) is 9.68. The van der Waals surface area contributed by atoms with Crippen LogP contribution in [0.2, 0.25) is 0 Å². The molecular weight excluding hydrogens is 332 g/mol. The first-order chi connectivity index (χ1) is 12.1. The van der Waals surface area contributed by atoms with Gasteiger partial charge in [-0.3, -0.25) is 0 Å². The van der Waals surface area contributed by atoms with E-state index in [1.165, 1.54) is 0 Å². The van der Waals surface area contributed by atoms with Crippen LogP contribution < -0.4 is 0 Å². The molecule has 146 valence electrons. The molecule has 2 aliphatic carbocycles. The Morgan fingerprint density at radius 3 is 2.62 bits per heavy atom. The Hall–Kier alpha value is -1.17. The first kappa shape index (κ1) is 19.6. The fraction of sp³-hybridized carbons (Fsp3) is 0.762. The molecule has 0 aromatic heterocycles. The van der Waals surface area contributed by atoms with E-state index in [-0.39, 0.29) is 36.4 Å². The minimum absolute atomic E-state index is 0.0291. The van der Waals surface area contributed by atoms with Crippen molar-refractivity contribution in [2.24, 2.45) is 28.6 Å². The predicted molar refractivity (Wildman–Crippen MR) is 98.1 cm³/mol. The van der Waals surface area contributed by atoms with Gasteiger partial charge in [-0.1, -0.05) is 39.0 Å². The summed E-state index contributed by atoms with van der Waals surface area (Å²) in [5.74, 6) is 0.164. The van der Waals surface area contributed by atoms with Gasteiger partial charge in [0.2, 0.25) is 0 Å². The average Bonchev–Trinajstić information content (AvgIpc) is 2.93. The number of hydrogen-bond donors (Lipinski definition) is 3. The Labute approximate surface area is 155 Å². The summed E-state index contributed by atoms with van der Waals surface area (Å²) in [6, 6.07) is 0. The summed E-state index contributed by atoms with van der Waals surface area (Å²) >= 11 is 0. The number of carbonyl (C=O) groups is 1. The Bertz CT molecular complexity index is 626. The molecule has 3 fully saturated rings. The molecule has 5 heteroatoms. The van der Waals surface area contributed by atoms with Gasteiger partial charge < -0.3 is 20.1 Å². The maximum Gasteiger partial charge on any atom is 0.336 e. The summed E-state index contributed by atoms with van der Waals surface area (Å²) in [5, 5.41) is 30.7. The molecule has 7 atom stereocenters. The minimum atomic E-state index is -0.851. The molecule has 3 unspecified atom stereocenters. The van der Waals surface area contributed by atoms with Crippen molar-refractivity contribution in [2.45, 2.75) is 58.7 Å². The summed E-state index contributed by atoms with van der Waals surface area (Å²) in [7, 11) is 0. The van der Waals surface area contributed by atoms with Gasteiger partial charge >= 0.3 is 5.97 Å². The number of carbonyl (C=O) groups excluding carboxylic acids is 1. The van der Waals surface area contributed by atoms with Gasteiger partial charge in [0.05, 0.1) is 18.3 Å². The third kappa shape index (κ3) is 2.85. The Kier molecular flexibility index (Phi) is 5.10. The number of allylic oxidation sites excluding steroid dienone is 2. The zero-order valence-electron chi connectivity index (χ0n) is 16.1. The van der Waals surface area contributed by atoms with E-state index in [0.717, 1.165) is 18.4 Å².